The third kappa shape index (κ3) is 9.40. The van der Waals surface area contributed by atoms with E-state index in [1.807, 2.05) is 16.9 Å². The number of hydrogen-bond donors (Lipinski definition) is 3. The van der Waals surface area contributed by atoms with Crippen LogP contribution >= 0.6 is 0 Å². The van der Waals surface area contributed by atoms with Gasteiger partial charge in [0.1, 0.15) is 11.9 Å². The van der Waals surface area contributed by atoms with Crippen LogP contribution in [-0.4, -0.2) is 104 Å². The van der Waals surface area contributed by atoms with E-state index >= 15 is 0 Å². The molecule has 3 aromatic carbocycles. The van der Waals surface area contributed by atoms with Crippen LogP contribution in [0.1, 0.15) is 100 Å². The number of nitrogens with one attached hydrogen (secondary N) is 2. The first-order valence-corrected chi connectivity index (χ1v) is 22.3. The smallest absolute Gasteiger partial charge is 0.361 e. The number of benzene rings is 3. The Morgan fingerprint density at radius 1 is 0.879 bits per heavy atom. The maximum Gasteiger partial charge on any atom is 0.361 e. The first kappa shape index (κ1) is 43.9. The molecule has 18 heteroatoms. The minimum atomic E-state index is -1.36. The number of rotatable bonds is 13. The van der Waals surface area contributed by atoms with Gasteiger partial charge in [-0.2, -0.15) is 5.10 Å². The lowest BCUT2D eigenvalue weighted by atomic mass is 9.91. The maximum atomic E-state index is 13.6. The Balaban J connectivity index is 0.735. The Bertz CT molecular complexity index is 2660. The van der Waals surface area contributed by atoms with Crippen molar-refractivity contribution < 1.29 is 37.9 Å². The fraction of sp³-hybridized carbons (Fsp3) is 0.354. The number of carbonyl (C=O) groups excluding carboxylic acids is 6. The molecule has 5 amide bonds. The van der Waals surface area contributed by atoms with Gasteiger partial charge in [-0.3, -0.25) is 38.9 Å². The number of esters is 1. The van der Waals surface area contributed by atoms with Crippen molar-refractivity contribution in [3.05, 3.63) is 120 Å². The Morgan fingerprint density at radius 3 is 2.36 bits per heavy atom. The van der Waals surface area contributed by atoms with Crippen molar-refractivity contribution >= 4 is 52.7 Å². The van der Waals surface area contributed by atoms with Crippen LogP contribution in [0.2, 0.25) is 0 Å². The molecule has 340 valence electrons. The standard InChI is InChI=1S/C48H49FN10O7/c49-32-8-10-33(11-9-32)53-45(62)42(30-6-2-1-3-7-30)66-48(65)41-43(50)51-27-38(54-41)31-26-52-58(28-31)34-18-21-56(22-19-34)20-4-5-29-16-23-57(24-17-29)35-12-13-36-37(25-35)47(64)59(46(36)63)39-14-15-40(60)55-44(39)61/h1-3,6-13,25-29,34,39,42H,4-5,14-24H2,(H2,50,51)(H,53,62)(H,55,60,61)/t39?,42-/m1/s1. The minimum Gasteiger partial charge on any atom is -0.442 e. The quantitative estimate of drug-likeness (QED) is 0.101. The number of nitrogen functional groups attached to an aromatic ring is 1. The van der Waals surface area contributed by atoms with Crippen molar-refractivity contribution in [2.75, 3.05) is 48.7 Å². The second-order valence-corrected chi connectivity index (χ2v) is 17.2. The van der Waals surface area contributed by atoms with Gasteiger partial charge in [-0.1, -0.05) is 30.3 Å². The van der Waals surface area contributed by atoms with Gasteiger partial charge in [0.15, 0.2) is 11.5 Å². The Labute approximate surface area is 379 Å². The van der Waals surface area contributed by atoms with Gasteiger partial charge in [-0.05, 0) is 99.9 Å². The SMILES string of the molecule is Nc1ncc(-c2cnn(C3CCN(CCCC4CCN(c5ccc6c(c5)C(=O)N(C5CCC(=O)NC5=O)C6=O)CC4)CC3)c2)nc1C(=O)O[C@@H](C(=O)Nc1ccc(F)cc1)c1ccccc1. The summed E-state index contributed by atoms with van der Waals surface area (Å²) in [7, 11) is 0. The van der Waals surface area contributed by atoms with E-state index in [2.05, 4.69) is 35.5 Å². The van der Waals surface area contributed by atoms with Gasteiger partial charge >= 0.3 is 5.97 Å². The monoisotopic (exact) mass is 896 g/mol. The molecule has 0 radical (unpaired) electrons. The number of imide groups is 2. The molecule has 66 heavy (non-hydrogen) atoms. The molecule has 6 heterocycles. The normalized spacial score (nSPS) is 18.8. The molecule has 2 aromatic heterocycles. The van der Waals surface area contributed by atoms with Gasteiger partial charge in [0, 0.05) is 61.3 Å². The summed E-state index contributed by atoms with van der Waals surface area (Å²) in [5.41, 5.74) is 9.10. The molecule has 3 fully saturated rings. The molecule has 5 aromatic rings. The summed E-state index contributed by atoms with van der Waals surface area (Å²) in [5.74, 6) is -3.61. The van der Waals surface area contributed by atoms with Crippen LogP contribution in [0.25, 0.3) is 11.3 Å². The number of piperidine rings is 3. The second kappa shape index (κ2) is 19.0. The minimum absolute atomic E-state index is 0.0821. The van der Waals surface area contributed by atoms with Crippen LogP contribution in [-0.2, 0) is 19.1 Å². The van der Waals surface area contributed by atoms with E-state index in [-0.39, 0.29) is 36.0 Å². The molecule has 0 spiro atoms. The molecule has 0 bridgehead atoms. The number of amides is 5. The van der Waals surface area contributed by atoms with Gasteiger partial charge in [0.05, 0.1) is 35.3 Å². The number of aromatic nitrogens is 4. The highest BCUT2D eigenvalue weighted by atomic mass is 19.1. The zero-order valence-corrected chi connectivity index (χ0v) is 36.1. The largest absolute Gasteiger partial charge is 0.442 e. The molecule has 3 saturated heterocycles. The summed E-state index contributed by atoms with van der Waals surface area (Å²) in [4.78, 5) is 92.0. The number of hydrogen-bond acceptors (Lipinski definition) is 13. The number of likely N-dealkylation sites (tertiary alicyclic amines) is 1. The number of fused-ring (bicyclic) bond motifs is 1. The number of ether oxygens (including phenoxy) is 1. The average Bonchev–Trinajstić information content (AvgIpc) is 3.92. The summed E-state index contributed by atoms with van der Waals surface area (Å²) in [5, 5.41) is 9.55. The number of anilines is 3. The van der Waals surface area contributed by atoms with Gasteiger partial charge in [-0.25, -0.2) is 19.2 Å². The lowest BCUT2D eigenvalue weighted by Gasteiger charge is -2.35. The second-order valence-electron chi connectivity index (χ2n) is 17.2. The predicted molar refractivity (Wildman–Crippen MR) is 239 cm³/mol. The molecule has 0 saturated carbocycles. The summed E-state index contributed by atoms with van der Waals surface area (Å²) in [6.07, 6.45) is 10.0. The zero-order chi connectivity index (χ0) is 45.9. The Kier molecular flexibility index (Phi) is 12.6. The molecule has 4 N–H and O–H groups in total. The van der Waals surface area contributed by atoms with E-state index in [9.17, 15) is 33.2 Å². The summed E-state index contributed by atoms with van der Waals surface area (Å²) in [6, 6.07) is 18.3. The zero-order valence-electron chi connectivity index (χ0n) is 36.1. The third-order valence-electron chi connectivity index (χ3n) is 13.0. The first-order chi connectivity index (χ1) is 32.0. The van der Waals surface area contributed by atoms with Gasteiger partial charge in [-0.15, -0.1) is 0 Å². The van der Waals surface area contributed by atoms with Gasteiger partial charge in [0.2, 0.25) is 17.9 Å². The lowest BCUT2D eigenvalue weighted by molar-refractivity contribution is -0.136. The molecule has 1 unspecified atom stereocenters. The van der Waals surface area contributed by atoms with E-state index in [1.165, 1.54) is 30.5 Å². The highest BCUT2D eigenvalue weighted by Crippen LogP contribution is 2.34. The van der Waals surface area contributed by atoms with Gasteiger partial charge in [0.25, 0.3) is 17.7 Å². The van der Waals surface area contributed by atoms with Crippen molar-refractivity contribution in [1.29, 1.82) is 0 Å². The lowest BCUT2D eigenvalue weighted by Crippen LogP contribution is -2.54. The highest BCUT2D eigenvalue weighted by molar-refractivity contribution is 6.23. The van der Waals surface area contributed by atoms with Crippen molar-refractivity contribution in [1.82, 2.24) is 34.9 Å². The number of nitrogens with two attached hydrogens (primary N) is 1. The van der Waals surface area contributed by atoms with Crippen LogP contribution in [0.15, 0.2) is 91.4 Å². The molecule has 0 aliphatic carbocycles. The third-order valence-corrected chi connectivity index (χ3v) is 13.0. The van der Waals surface area contributed by atoms with E-state index in [0.717, 1.165) is 81.8 Å². The van der Waals surface area contributed by atoms with Crippen LogP contribution < -0.4 is 21.3 Å². The highest BCUT2D eigenvalue weighted by Gasteiger charge is 2.45. The molecule has 9 rings (SSSR count). The van der Waals surface area contributed by atoms with Crippen molar-refractivity contribution in [2.45, 2.75) is 69.6 Å². The summed E-state index contributed by atoms with van der Waals surface area (Å²) < 4.78 is 21.1. The van der Waals surface area contributed by atoms with Crippen molar-refractivity contribution in [3.63, 3.8) is 0 Å². The molecule has 2 atom stereocenters. The number of halogens is 1. The van der Waals surface area contributed by atoms with Crippen LogP contribution in [0.5, 0.6) is 0 Å². The maximum absolute atomic E-state index is 13.6. The van der Waals surface area contributed by atoms with Gasteiger partial charge < -0.3 is 25.6 Å². The summed E-state index contributed by atoms with van der Waals surface area (Å²) in [6.45, 7) is 4.59. The Hall–Kier alpha value is -7.34. The first-order valence-electron chi connectivity index (χ1n) is 22.3. The topological polar surface area (TPSA) is 215 Å². The van der Waals surface area contributed by atoms with E-state index in [1.54, 1.807) is 48.7 Å². The van der Waals surface area contributed by atoms with Crippen LogP contribution in [0.3, 0.4) is 0 Å². The van der Waals surface area contributed by atoms with E-state index in [0.29, 0.717) is 34.0 Å². The van der Waals surface area contributed by atoms with E-state index < -0.39 is 53.5 Å². The molecular weight excluding hydrogens is 848 g/mol. The molecular formula is C48H49FN10O7. The fourth-order valence-electron chi connectivity index (χ4n) is 9.31. The predicted octanol–water partition coefficient (Wildman–Crippen LogP) is 5.33. The van der Waals surface area contributed by atoms with Crippen molar-refractivity contribution in [3.8, 4) is 11.3 Å². The molecule has 17 nitrogen and oxygen atoms in total. The number of nitrogens with zero attached hydrogens (tertiary/aromatic N) is 7. The fourth-order valence-corrected chi connectivity index (χ4v) is 9.31. The Morgan fingerprint density at radius 2 is 1.62 bits per heavy atom. The van der Waals surface area contributed by atoms with Crippen molar-refractivity contribution in [2.24, 2.45) is 5.92 Å². The average molecular weight is 897 g/mol. The summed E-state index contributed by atoms with van der Waals surface area (Å²) >= 11 is 0. The van der Waals surface area contributed by atoms with E-state index in [4.69, 9.17) is 10.5 Å². The van der Waals surface area contributed by atoms with Crippen LogP contribution in [0, 0.1) is 11.7 Å². The number of carbonyl (C=O) groups is 6. The molecule has 4 aliphatic rings. The molecule has 4 aliphatic heterocycles. The van der Waals surface area contributed by atoms with Crippen LogP contribution in [0.4, 0.5) is 21.6 Å².